The second-order valence-electron chi connectivity index (χ2n) is 4.18. The second kappa shape index (κ2) is 5.57. The van der Waals surface area contributed by atoms with Crippen LogP contribution in [0.3, 0.4) is 0 Å². The second-order valence-corrected chi connectivity index (χ2v) is 5.82. The molecule has 2 aromatic rings. The maximum atomic E-state index is 6.37. The van der Waals surface area contributed by atoms with Gasteiger partial charge < -0.3 is 0 Å². The molecule has 0 heterocycles. The fourth-order valence-electron chi connectivity index (χ4n) is 1.85. The van der Waals surface area contributed by atoms with Crippen LogP contribution in [0.15, 0.2) is 60.7 Å². The molecule has 0 aliphatic rings. The Balaban J connectivity index is 2.04. The molecule has 0 unspecified atom stereocenters. The molecular formula is C15H14Cl2. The van der Waals surface area contributed by atoms with E-state index in [4.69, 9.17) is 23.2 Å². The quantitative estimate of drug-likeness (QED) is 0.706. The largest absolute Gasteiger partial charge is 0.126 e. The summed E-state index contributed by atoms with van der Waals surface area (Å²) in [5.74, 6) is 0. The molecule has 0 spiro atoms. The summed E-state index contributed by atoms with van der Waals surface area (Å²) in [4.78, 5) is 0. The van der Waals surface area contributed by atoms with Crippen LogP contribution < -0.4 is 0 Å². The third-order valence-electron chi connectivity index (χ3n) is 2.61. The van der Waals surface area contributed by atoms with Gasteiger partial charge in [-0.3, -0.25) is 0 Å². The predicted molar refractivity (Wildman–Crippen MR) is 74.7 cm³/mol. The van der Waals surface area contributed by atoms with E-state index >= 15 is 0 Å². The maximum Gasteiger partial charge on any atom is 0.126 e. The van der Waals surface area contributed by atoms with Crippen LogP contribution in [0.25, 0.3) is 0 Å². The van der Waals surface area contributed by atoms with Crippen molar-refractivity contribution in [3.8, 4) is 0 Å². The lowest BCUT2D eigenvalue weighted by Crippen LogP contribution is -2.19. The lowest BCUT2D eigenvalue weighted by Gasteiger charge is -2.19. The zero-order chi connectivity index (χ0) is 12.1. The van der Waals surface area contributed by atoms with Gasteiger partial charge in [-0.15, -0.1) is 23.2 Å². The molecule has 17 heavy (non-hydrogen) atoms. The van der Waals surface area contributed by atoms with Crippen LogP contribution in [0.4, 0.5) is 0 Å². The first-order valence-corrected chi connectivity index (χ1v) is 6.37. The number of alkyl halides is 2. The Hall–Kier alpha value is -0.980. The fraction of sp³-hybridized carbons (Fsp3) is 0.200. The van der Waals surface area contributed by atoms with E-state index in [0.717, 1.165) is 11.1 Å². The maximum absolute atomic E-state index is 6.37. The highest BCUT2D eigenvalue weighted by Gasteiger charge is 2.24. The molecule has 0 saturated carbocycles. The zero-order valence-electron chi connectivity index (χ0n) is 9.44. The van der Waals surface area contributed by atoms with Gasteiger partial charge in [-0.05, 0) is 11.1 Å². The molecule has 0 aliphatic carbocycles. The molecule has 0 bridgehead atoms. The summed E-state index contributed by atoms with van der Waals surface area (Å²) in [6.45, 7) is 0. The number of hydrogen-bond acceptors (Lipinski definition) is 0. The molecule has 0 saturated heterocycles. The van der Waals surface area contributed by atoms with Crippen molar-refractivity contribution in [2.75, 3.05) is 0 Å². The molecule has 0 N–H and O–H groups in total. The third-order valence-corrected chi connectivity index (χ3v) is 3.15. The summed E-state index contributed by atoms with van der Waals surface area (Å²) >= 11 is 12.7. The topological polar surface area (TPSA) is 0 Å². The van der Waals surface area contributed by atoms with Gasteiger partial charge in [0.2, 0.25) is 0 Å². The van der Waals surface area contributed by atoms with Crippen molar-refractivity contribution in [1.29, 1.82) is 0 Å². The van der Waals surface area contributed by atoms with E-state index in [-0.39, 0.29) is 0 Å². The van der Waals surface area contributed by atoms with Crippen molar-refractivity contribution in [1.82, 2.24) is 0 Å². The minimum Gasteiger partial charge on any atom is -0.101 e. The third kappa shape index (κ3) is 4.07. The minimum atomic E-state index is -0.747. The zero-order valence-corrected chi connectivity index (χ0v) is 11.0. The van der Waals surface area contributed by atoms with Crippen molar-refractivity contribution in [2.24, 2.45) is 0 Å². The standard InChI is InChI=1S/C15H14Cl2/c16-15(17,11-13-7-3-1-4-8-13)12-14-9-5-2-6-10-14/h1-10H,11-12H2. The summed E-state index contributed by atoms with van der Waals surface area (Å²) in [5.41, 5.74) is 2.32. The first-order valence-electron chi connectivity index (χ1n) is 5.61. The monoisotopic (exact) mass is 264 g/mol. The summed E-state index contributed by atoms with van der Waals surface area (Å²) < 4.78 is -0.747. The van der Waals surface area contributed by atoms with E-state index in [1.54, 1.807) is 0 Å². The van der Waals surface area contributed by atoms with Gasteiger partial charge >= 0.3 is 0 Å². The molecular weight excluding hydrogens is 251 g/mol. The number of rotatable bonds is 4. The van der Waals surface area contributed by atoms with E-state index < -0.39 is 4.33 Å². The van der Waals surface area contributed by atoms with Crippen LogP contribution >= 0.6 is 23.2 Å². The first kappa shape index (κ1) is 12.5. The Morgan fingerprint density at radius 3 is 1.35 bits per heavy atom. The van der Waals surface area contributed by atoms with Crippen molar-refractivity contribution in [3.63, 3.8) is 0 Å². The molecule has 2 aromatic carbocycles. The van der Waals surface area contributed by atoms with E-state index in [9.17, 15) is 0 Å². The van der Waals surface area contributed by atoms with E-state index in [1.165, 1.54) is 0 Å². The van der Waals surface area contributed by atoms with Crippen molar-refractivity contribution < 1.29 is 0 Å². The van der Waals surface area contributed by atoms with Crippen LogP contribution in [0.2, 0.25) is 0 Å². The molecule has 0 amide bonds. The molecule has 2 heteroatoms. The predicted octanol–water partition coefficient (Wildman–Crippen LogP) is 4.65. The highest BCUT2D eigenvalue weighted by molar-refractivity contribution is 6.48. The SMILES string of the molecule is ClC(Cl)(Cc1ccccc1)Cc1ccccc1. The van der Waals surface area contributed by atoms with Crippen molar-refractivity contribution in [2.45, 2.75) is 17.2 Å². The number of halogens is 2. The molecule has 0 fully saturated rings. The molecule has 0 aromatic heterocycles. The lowest BCUT2D eigenvalue weighted by molar-refractivity contribution is 0.760. The summed E-state index contributed by atoms with van der Waals surface area (Å²) in [6, 6.07) is 20.2. The summed E-state index contributed by atoms with van der Waals surface area (Å²) in [7, 11) is 0. The fourth-order valence-corrected chi connectivity index (χ4v) is 2.47. The molecule has 2 rings (SSSR count). The number of benzene rings is 2. The first-order chi connectivity index (χ1) is 8.16. The Morgan fingerprint density at radius 1 is 0.647 bits per heavy atom. The molecule has 0 nitrogen and oxygen atoms in total. The molecule has 0 atom stereocenters. The summed E-state index contributed by atoms with van der Waals surface area (Å²) in [5, 5.41) is 0. The van der Waals surface area contributed by atoms with E-state index in [2.05, 4.69) is 0 Å². The van der Waals surface area contributed by atoms with Crippen molar-refractivity contribution >= 4 is 23.2 Å². The Labute approximate surface area is 112 Å². The van der Waals surface area contributed by atoms with Crippen LogP contribution in [-0.2, 0) is 12.8 Å². The molecule has 0 radical (unpaired) electrons. The smallest absolute Gasteiger partial charge is 0.101 e. The van der Waals surface area contributed by atoms with Gasteiger partial charge in [0.25, 0.3) is 0 Å². The lowest BCUT2D eigenvalue weighted by atomic mass is 10.0. The van der Waals surface area contributed by atoms with Gasteiger partial charge in [0, 0.05) is 12.8 Å². The van der Waals surface area contributed by atoms with Gasteiger partial charge in [-0.2, -0.15) is 0 Å². The summed E-state index contributed by atoms with van der Waals surface area (Å²) in [6.07, 6.45) is 1.32. The normalized spacial score (nSPS) is 11.4. The molecule has 88 valence electrons. The van der Waals surface area contributed by atoms with Gasteiger partial charge in [0.1, 0.15) is 4.33 Å². The van der Waals surface area contributed by atoms with E-state index in [0.29, 0.717) is 12.8 Å². The van der Waals surface area contributed by atoms with Gasteiger partial charge in [-0.25, -0.2) is 0 Å². The Bertz CT molecular complexity index is 405. The van der Waals surface area contributed by atoms with Gasteiger partial charge in [0.05, 0.1) is 0 Å². The highest BCUT2D eigenvalue weighted by Crippen LogP contribution is 2.30. The average Bonchev–Trinajstić information content (AvgIpc) is 2.30. The van der Waals surface area contributed by atoms with Crippen LogP contribution in [0, 0.1) is 0 Å². The van der Waals surface area contributed by atoms with Crippen LogP contribution in [0.1, 0.15) is 11.1 Å². The van der Waals surface area contributed by atoms with Crippen molar-refractivity contribution in [3.05, 3.63) is 71.8 Å². The Morgan fingerprint density at radius 2 is 1.00 bits per heavy atom. The highest BCUT2D eigenvalue weighted by atomic mass is 35.5. The average molecular weight is 265 g/mol. The Kier molecular flexibility index (Phi) is 4.09. The van der Waals surface area contributed by atoms with E-state index in [1.807, 2.05) is 60.7 Å². The van der Waals surface area contributed by atoms with Gasteiger partial charge in [0.15, 0.2) is 0 Å². The molecule has 0 aliphatic heterocycles. The minimum absolute atomic E-state index is 0.659. The number of hydrogen-bond donors (Lipinski definition) is 0. The van der Waals surface area contributed by atoms with Gasteiger partial charge in [-0.1, -0.05) is 60.7 Å². The van der Waals surface area contributed by atoms with Crippen LogP contribution in [-0.4, -0.2) is 4.33 Å². The van der Waals surface area contributed by atoms with Crippen LogP contribution in [0.5, 0.6) is 0 Å².